The number of sulfone groups is 1. The van der Waals surface area contributed by atoms with E-state index in [1.165, 1.54) is 6.26 Å². The maximum absolute atomic E-state index is 11.5. The summed E-state index contributed by atoms with van der Waals surface area (Å²) >= 11 is 0. The minimum absolute atomic E-state index is 0.273. The van der Waals surface area contributed by atoms with Crippen molar-refractivity contribution in [2.45, 2.75) is 37.1 Å². The molecule has 0 saturated carbocycles. The van der Waals surface area contributed by atoms with Crippen molar-refractivity contribution in [3.8, 4) is 0 Å². The normalized spacial score (nSPS) is 12.8. The Bertz CT molecular complexity index is 458. The van der Waals surface area contributed by atoms with E-state index in [1.807, 2.05) is 26.0 Å². The average Bonchev–Trinajstić information content (AvgIpc) is 2.12. The van der Waals surface area contributed by atoms with Crippen LogP contribution >= 0.6 is 0 Å². The molecule has 0 bridgehead atoms. The lowest BCUT2D eigenvalue weighted by molar-refractivity contribution is 0.475. The molecule has 90 valence electrons. The van der Waals surface area contributed by atoms with E-state index in [0.29, 0.717) is 11.3 Å². The zero-order valence-electron chi connectivity index (χ0n) is 10.0. The molecule has 0 unspecified atom stereocenters. The van der Waals surface area contributed by atoms with Gasteiger partial charge in [0, 0.05) is 11.8 Å². The summed E-state index contributed by atoms with van der Waals surface area (Å²) in [5.74, 6) is 0. The first-order valence-corrected chi connectivity index (χ1v) is 7.16. The molecule has 0 aliphatic rings. The molecule has 3 nitrogen and oxygen atoms in total. The quantitative estimate of drug-likeness (QED) is 0.873. The lowest BCUT2D eigenvalue weighted by Crippen LogP contribution is -2.32. The van der Waals surface area contributed by atoms with Crippen LogP contribution < -0.4 is 5.73 Å². The van der Waals surface area contributed by atoms with Crippen LogP contribution in [0.4, 0.5) is 0 Å². The predicted octanol–water partition coefficient (Wildman–Crippen LogP) is 1.76. The second kappa shape index (κ2) is 4.55. The van der Waals surface area contributed by atoms with Gasteiger partial charge >= 0.3 is 0 Å². The van der Waals surface area contributed by atoms with Crippen LogP contribution in [-0.4, -0.2) is 20.2 Å². The van der Waals surface area contributed by atoms with Gasteiger partial charge in [-0.1, -0.05) is 18.2 Å². The van der Waals surface area contributed by atoms with Crippen molar-refractivity contribution >= 4 is 9.84 Å². The van der Waals surface area contributed by atoms with Crippen LogP contribution in [0.2, 0.25) is 0 Å². The summed E-state index contributed by atoms with van der Waals surface area (Å²) in [6.07, 6.45) is 2.69. The summed E-state index contributed by atoms with van der Waals surface area (Å²) < 4.78 is 23.1. The highest BCUT2D eigenvalue weighted by atomic mass is 32.2. The number of hydrogen-bond donors (Lipinski definition) is 1. The summed E-state index contributed by atoms with van der Waals surface area (Å²) in [7, 11) is -3.14. The van der Waals surface area contributed by atoms with Crippen LogP contribution in [0.15, 0.2) is 29.2 Å². The van der Waals surface area contributed by atoms with Crippen molar-refractivity contribution in [3.05, 3.63) is 29.8 Å². The van der Waals surface area contributed by atoms with Crippen molar-refractivity contribution in [1.29, 1.82) is 0 Å². The summed E-state index contributed by atoms with van der Waals surface area (Å²) in [5, 5.41) is 0. The maximum Gasteiger partial charge on any atom is 0.175 e. The molecule has 0 amide bonds. The molecule has 4 heteroatoms. The van der Waals surface area contributed by atoms with Gasteiger partial charge in [-0.2, -0.15) is 0 Å². The van der Waals surface area contributed by atoms with Crippen LogP contribution in [0.1, 0.15) is 25.8 Å². The topological polar surface area (TPSA) is 60.2 Å². The molecule has 1 aromatic carbocycles. The van der Waals surface area contributed by atoms with Crippen LogP contribution in [0, 0.1) is 0 Å². The fraction of sp³-hybridized carbons (Fsp3) is 0.500. The van der Waals surface area contributed by atoms with Gasteiger partial charge < -0.3 is 5.73 Å². The highest BCUT2D eigenvalue weighted by molar-refractivity contribution is 7.90. The predicted molar refractivity (Wildman–Crippen MR) is 66.1 cm³/mol. The first-order valence-electron chi connectivity index (χ1n) is 5.27. The van der Waals surface area contributed by atoms with E-state index in [0.717, 1.165) is 12.0 Å². The third kappa shape index (κ3) is 3.94. The molecule has 0 aliphatic carbocycles. The fourth-order valence-corrected chi connectivity index (χ4v) is 2.50. The number of aryl methyl sites for hydroxylation is 1. The monoisotopic (exact) mass is 241 g/mol. The second-order valence-electron chi connectivity index (χ2n) is 4.87. The van der Waals surface area contributed by atoms with E-state index in [1.54, 1.807) is 12.1 Å². The molecule has 0 saturated heterocycles. The van der Waals surface area contributed by atoms with Crippen molar-refractivity contribution in [2.75, 3.05) is 6.26 Å². The van der Waals surface area contributed by atoms with Crippen molar-refractivity contribution in [3.63, 3.8) is 0 Å². The van der Waals surface area contributed by atoms with E-state index in [2.05, 4.69) is 0 Å². The first kappa shape index (κ1) is 13.2. The molecule has 2 N–H and O–H groups in total. The van der Waals surface area contributed by atoms with E-state index < -0.39 is 9.84 Å². The molecule has 1 aromatic rings. The average molecular weight is 241 g/mol. The van der Waals surface area contributed by atoms with Gasteiger partial charge in [0.15, 0.2) is 9.84 Å². The summed E-state index contributed by atoms with van der Waals surface area (Å²) in [4.78, 5) is 0.416. The second-order valence-corrected chi connectivity index (χ2v) is 6.85. The van der Waals surface area contributed by atoms with Crippen molar-refractivity contribution in [2.24, 2.45) is 5.73 Å². The highest BCUT2D eigenvalue weighted by Gasteiger charge is 2.15. The third-order valence-corrected chi connectivity index (χ3v) is 3.61. The van der Waals surface area contributed by atoms with E-state index >= 15 is 0 Å². The molecule has 0 heterocycles. The summed E-state index contributed by atoms with van der Waals surface area (Å²) in [6, 6.07) is 7.09. The van der Waals surface area contributed by atoms with Gasteiger partial charge in [-0.25, -0.2) is 8.42 Å². The van der Waals surface area contributed by atoms with Gasteiger partial charge in [-0.3, -0.25) is 0 Å². The maximum atomic E-state index is 11.5. The van der Waals surface area contributed by atoms with Crippen LogP contribution in [0.3, 0.4) is 0 Å². The van der Waals surface area contributed by atoms with Gasteiger partial charge in [0.25, 0.3) is 0 Å². The SMILES string of the molecule is CC(C)(N)CCc1ccccc1S(C)(=O)=O. The Labute approximate surface area is 97.6 Å². The lowest BCUT2D eigenvalue weighted by Gasteiger charge is -2.18. The molecule has 16 heavy (non-hydrogen) atoms. The number of nitrogens with two attached hydrogens (primary N) is 1. The van der Waals surface area contributed by atoms with E-state index in [9.17, 15) is 8.42 Å². The van der Waals surface area contributed by atoms with Crippen molar-refractivity contribution < 1.29 is 8.42 Å². The molecular weight excluding hydrogens is 222 g/mol. The van der Waals surface area contributed by atoms with Gasteiger partial charge in [-0.05, 0) is 38.3 Å². The number of benzene rings is 1. The standard InChI is InChI=1S/C12H19NO2S/c1-12(2,13)9-8-10-6-4-5-7-11(10)16(3,14)15/h4-7H,8-9,13H2,1-3H3. The number of hydrogen-bond acceptors (Lipinski definition) is 3. The third-order valence-electron chi connectivity index (χ3n) is 2.41. The number of rotatable bonds is 4. The largest absolute Gasteiger partial charge is 0.326 e. The Kier molecular flexibility index (Phi) is 3.76. The first-order chi connectivity index (χ1) is 7.20. The Morgan fingerprint density at radius 3 is 2.31 bits per heavy atom. The van der Waals surface area contributed by atoms with Gasteiger partial charge in [0.1, 0.15) is 0 Å². The molecule has 0 radical (unpaired) electrons. The zero-order valence-corrected chi connectivity index (χ0v) is 10.8. The van der Waals surface area contributed by atoms with E-state index in [-0.39, 0.29) is 5.54 Å². The molecule has 0 atom stereocenters. The van der Waals surface area contributed by atoms with Crippen LogP contribution in [0.5, 0.6) is 0 Å². The van der Waals surface area contributed by atoms with Gasteiger partial charge in [0.05, 0.1) is 4.90 Å². The smallest absolute Gasteiger partial charge is 0.175 e. The minimum atomic E-state index is -3.14. The van der Waals surface area contributed by atoms with Gasteiger partial charge in [-0.15, -0.1) is 0 Å². The highest BCUT2D eigenvalue weighted by Crippen LogP contribution is 2.19. The Hall–Kier alpha value is -0.870. The minimum Gasteiger partial charge on any atom is -0.326 e. The Balaban J connectivity index is 2.97. The fourth-order valence-electron chi connectivity index (χ4n) is 1.53. The summed E-state index contributed by atoms with van der Waals surface area (Å²) in [5.41, 5.74) is 6.47. The zero-order chi connectivity index (χ0) is 12.4. The molecule has 1 rings (SSSR count). The van der Waals surface area contributed by atoms with Crippen LogP contribution in [0.25, 0.3) is 0 Å². The molecule has 0 fully saturated rings. The van der Waals surface area contributed by atoms with Crippen molar-refractivity contribution in [1.82, 2.24) is 0 Å². The molecule has 0 aromatic heterocycles. The van der Waals surface area contributed by atoms with Gasteiger partial charge in [0.2, 0.25) is 0 Å². The van der Waals surface area contributed by atoms with Crippen LogP contribution in [-0.2, 0) is 16.3 Å². The molecule has 0 aliphatic heterocycles. The molecule has 0 spiro atoms. The molecular formula is C12H19NO2S. The van der Waals surface area contributed by atoms with E-state index in [4.69, 9.17) is 5.73 Å². The Morgan fingerprint density at radius 2 is 1.81 bits per heavy atom. The lowest BCUT2D eigenvalue weighted by atomic mass is 9.97. The Morgan fingerprint density at radius 1 is 1.25 bits per heavy atom. The summed E-state index contributed by atoms with van der Waals surface area (Å²) in [6.45, 7) is 3.88.